The lowest BCUT2D eigenvalue weighted by atomic mass is 9.69. The van der Waals surface area contributed by atoms with Gasteiger partial charge in [0.2, 0.25) is 10.0 Å². The zero-order valence-corrected chi connectivity index (χ0v) is 15.2. The Balaban J connectivity index is 1.61. The van der Waals surface area contributed by atoms with Gasteiger partial charge < -0.3 is 5.32 Å². The number of nitrogens with one attached hydrogen (secondary N) is 1. The third-order valence-corrected chi connectivity index (χ3v) is 9.36. The normalized spacial score (nSPS) is 42.2. The molecule has 4 atom stereocenters. The quantitative estimate of drug-likeness (QED) is 0.781. The van der Waals surface area contributed by atoms with E-state index in [0.29, 0.717) is 18.8 Å². The van der Waals surface area contributed by atoms with Crippen LogP contribution in [0.15, 0.2) is 0 Å². The Morgan fingerprint density at radius 1 is 1.25 bits per heavy atom. The van der Waals surface area contributed by atoms with Crippen molar-refractivity contribution in [2.45, 2.75) is 70.9 Å². The number of carbonyl (C=O) groups excluding carboxylic acids is 2. The Bertz CT molecular complexity index is 701. The van der Waals surface area contributed by atoms with E-state index in [1.165, 1.54) is 0 Å². The van der Waals surface area contributed by atoms with E-state index >= 15 is 0 Å². The highest BCUT2D eigenvalue weighted by Gasteiger charge is 2.72. The number of sulfonamides is 1. The molecule has 1 N–H and O–H groups in total. The summed E-state index contributed by atoms with van der Waals surface area (Å²) in [6.07, 6.45) is 5.53. The van der Waals surface area contributed by atoms with Gasteiger partial charge in [0.25, 0.3) is 0 Å². The predicted molar refractivity (Wildman–Crippen MR) is 88.8 cm³/mol. The first kappa shape index (κ1) is 16.4. The molecule has 0 aromatic rings. The molecule has 1 heterocycles. The summed E-state index contributed by atoms with van der Waals surface area (Å²) in [5.41, 5.74) is -0.370. The number of Topliss-reactive ketones (excluding diaryl/α,β-unsaturated/α-hetero) is 1. The number of fused-ring (bicyclic) bond motifs is 1. The van der Waals surface area contributed by atoms with Crippen LogP contribution >= 0.6 is 0 Å². The van der Waals surface area contributed by atoms with Crippen molar-refractivity contribution in [3.05, 3.63) is 0 Å². The molecule has 2 bridgehead atoms. The second-order valence-corrected chi connectivity index (χ2v) is 10.5. The topological polar surface area (TPSA) is 83.6 Å². The smallest absolute Gasteiger partial charge is 0.327 e. The molecular weight excluding hydrogens is 328 g/mol. The highest BCUT2D eigenvalue weighted by Crippen LogP contribution is 2.69. The minimum absolute atomic E-state index is 0.0224. The van der Waals surface area contributed by atoms with Gasteiger partial charge in [0.05, 0.1) is 17.8 Å². The molecule has 0 radical (unpaired) electrons. The van der Waals surface area contributed by atoms with Gasteiger partial charge in [-0.3, -0.25) is 4.79 Å². The first-order chi connectivity index (χ1) is 11.2. The third-order valence-electron chi connectivity index (χ3n) is 7.46. The van der Waals surface area contributed by atoms with Crippen LogP contribution < -0.4 is 5.32 Å². The Kier molecular flexibility index (Phi) is 3.38. The monoisotopic (exact) mass is 354 g/mol. The molecule has 134 valence electrons. The number of nitrogens with zero attached hydrogens (tertiary/aromatic N) is 1. The summed E-state index contributed by atoms with van der Waals surface area (Å²) in [6, 6.07) is -1.35. The third kappa shape index (κ3) is 1.96. The average molecular weight is 354 g/mol. The Morgan fingerprint density at radius 3 is 2.67 bits per heavy atom. The van der Waals surface area contributed by atoms with Crippen molar-refractivity contribution >= 4 is 21.8 Å². The molecule has 7 heteroatoms. The van der Waals surface area contributed by atoms with Crippen molar-refractivity contribution in [3.8, 4) is 0 Å². The summed E-state index contributed by atoms with van der Waals surface area (Å²) < 4.78 is 26.7. The van der Waals surface area contributed by atoms with Crippen LogP contribution in [0.25, 0.3) is 0 Å². The van der Waals surface area contributed by atoms with Gasteiger partial charge >= 0.3 is 6.03 Å². The molecule has 1 spiro atoms. The van der Waals surface area contributed by atoms with Gasteiger partial charge in [-0.15, -0.1) is 0 Å². The molecule has 6 nitrogen and oxygen atoms in total. The van der Waals surface area contributed by atoms with E-state index in [1.54, 1.807) is 0 Å². The summed E-state index contributed by atoms with van der Waals surface area (Å²) in [5, 5.41) is 2.72. The number of hydrogen-bond donors (Lipinski definition) is 1. The van der Waals surface area contributed by atoms with Gasteiger partial charge in [-0.05, 0) is 43.4 Å². The van der Waals surface area contributed by atoms with E-state index < -0.39 is 22.1 Å². The molecule has 4 fully saturated rings. The SMILES string of the molecule is CC1(C)[C@@H]2CC[C@]13CS(=O)(=O)N(C(=O)N[C@H]1CCCCC1=O)[C@@H]3C2. The maximum Gasteiger partial charge on any atom is 0.331 e. The van der Waals surface area contributed by atoms with Crippen LogP contribution in [-0.2, 0) is 14.8 Å². The van der Waals surface area contributed by atoms with E-state index in [2.05, 4.69) is 19.2 Å². The van der Waals surface area contributed by atoms with E-state index in [-0.39, 0.29) is 28.4 Å². The largest absolute Gasteiger partial charge is 0.331 e. The molecule has 0 unspecified atom stereocenters. The first-order valence-electron chi connectivity index (χ1n) is 9.04. The summed E-state index contributed by atoms with van der Waals surface area (Å²) in [4.78, 5) is 24.8. The van der Waals surface area contributed by atoms with Crippen LogP contribution in [0, 0.1) is 16.7 Å². The minimum atomic E-state index is -3.62. The van der Waals surface area contributed by atoms with Crippen molar-refractivity contribution < 1.29 is 18.0 Å². The fourth-order valence-electron chi connectivity index (χ4n) is 5.90. The van der Waals surface area contributed by atoms with Crippen LogP contribution in [0.2, 0.25) is 0 Å². The van der Waals surface area contributed by atoms with Gasteiger partial charge in [0.1, 0.15) is 0 Å². The lowest BCUT2D eigenvalue weighted by Gasteiger charge is -2.37. The number of carbonyl (C=O) groups is 2. The summed E-state index contributed by atoms with van der Waals surface area (Å²) >= 11 is 0. The number of urea groups is 1. The highest BCUT2D eigenvalue weighted by molar-refractivity contribution is 7.90. The molecular formula is C17H26N2O4S. The van der Waals surface area contributed by atoms with E-state index in [9.17, 15) is 18.0 Å². The molecule has 0 aromatic heterocycles. The minimum Gasteiger partial charge on any atom is -0.327 e. The van der Waals surface area contributed by atoms with Crippen LogP contribution in [-0.4, -0.2) is 42.4 Å². The maximum absolute atomic E-state index is 12.8. The van der Waals surface area contributed by atoms with Gasteiger partial charge in [0.15, 0.2) is 5.78 Å². The van der Waals surface area contributed by atoms with Gasteiger partial charge in [0, 0.05) is 11.8 Å². The van der Waals surface area contributed by atoms with E-state index in [4.69, 9.17) is 0 Å². The molecule has 3 saturated carbocycles. The molecule has 3 aliphatic carbocycles. The molecule has 0 aromatic carbocycles. The van der Waals surface area contributed by atoms with Crippen molar-refractivity contribution in [2.75, 3.05) is 5.75 Å². The number of ketones is 1. The second kappa shape index (κ2) is 4.96. The fourth-order valence-corrected chi connectivity index (χ4v) is 8.38. The summed E-state index contributed by atoms with van der Waals surface area (Å²) in [5.74, 6) is 0.569. The van der Waals surface area contributed by atoms with Gasteiger partial charge in [-0.25, -0.2) is 17.5 Å². The molecule has 1 saturated heterocycles. The van der Waals surface area contributed by atoms with Crippen molar-refractivity contribution in [1.29, 1.82) is 0 Å². The molecule has 2 amide bonds. The first-order valence-corrected chi connectivity index (χ1v) is 10.7. The summed E-state index contributed by atoms with van der Waals surface area (Å²) in [6.45, 7) is 4.32. The van der Waals surface area contributed by atoms with E-state index in [1.807, 2.05) is 0 Å². The van der Waals surface area contributed by atoms with Crippen molar-refractivity contribution in [3.63, 3.8) is 0 Å². The average Bonchev–Trinajstić information content (AvgIpc) is 2.96. The number of amides is 2. The zero-order valence-electron chi connectivity index (χ0n) is 14.4. The zero-order chi connectivity index (χ0) is 17.3. The van der Waals surface area contributed by atoms with Gasteiger partial charge in [-0.1, -0.05) is 20.3 Å². The standard InChI is InChI=1S/C17H26N2O4S/c1-16(2)11-7-8-17(16)10-24(22,23)19(14(17)9-11)15(21)18-12-5-3-4-6-13(12)20/h11-12,14H,3-10H2,1-2H3,(H,18,21)/t11-,12+,14-,17-/m1/s1. The molecule has 1 aliphatic heterocycles. The molecule has 4 rings (SSSR count). The lowest BCUT2D eigenvalue weighted by Crippen LogP contribution is -2.52. The Morgan fingerprint density at radius 2 is 2.00 bits per heavy atom. The lowest BCUT2D eigenvalue weighted by molar-refractivity contribution is -0.122. The van der Waals surface area contributed by atoms with Crippen LogP contribution in [0.1, 0.15) is 58.8 Å². The number of rotatable bonds is 1. The van der Waals surface area contributed by atoms with Crippen molar-refractivity contribution in [1.82, 2.24) is 9.62 Å². The Hall–Kier alpha value is -1.11. The second-order valence-electron chi connectivity index (χ2n) is 8.63. The summed E-state index contributed by atoms with van der Waals surface area (Å²) in [7, 11) is -3.62. The van der Waals surface area contributed by atoms with Gasteiger partial charge in [-0.2, -0.15) is 0 Å². The van der Waals surface area contributed by atoms with Crippen molar-refractivity contribution in [2.24, 2.45) is 16.7 Å². The predicted octanol–water partition coefficient (Wildman–Crippen LogP) is 2.05. The molecule has 24 heavy (non-hydrogen) atoms. The van der Waals surface area contributed by atoms with E-state index in [0.717, 1.165) is 36.4 Å². The van der Waals surface area contributed by atoms with Crippen LogP contribution in [0.3, 0.4) is 0 Å². The highest BCUT2D eigenvalue weighted by atomic mass is 32.2. The maximum atomic E-state index is 12.8. The molecule has 4 aliphatic rings. The fraction of sp³-hybridized carbons (Fsp3) is 0.882. The van der Waals surface area contributed by atoms with Crippen LogP contribution in [0.5, 0.6) is 0 Å². The van der Waals surface area contributed by atoms with Crippen LogP contribution in [0.4, 0.5) is 4.79 Å². The number of hydrogen-bond acceptors (Lipinski definition) is 4. The Labute approximate surface area is 143 Å².